The molecule has 1 aromatic carbocycles. The molecular weight excluding hydrogens is 295 g/mol. The molecule has 100 valence electrons. The maximum Gasteiger partial charge on any atom is 0.240 e. The van der Waals surface area contributed by atoms with Crippen molar-refractivity contribution in [2.75, 3.05) is 18.6 Å². The molecule has 0 aromatic heterocycles. The number of halogens is 1. The SMILES string of the molecule is CSCCNS(=O)(=O)c1ccc(F)c(C(N)=S)c1. The number of rotatable bonds is 6. The Morgan fingerprint density at radius 2 is 2.22 bits per heavy atom. The van der Waals surface area contributed by atoms with Crippen molar-refractivity contribution < 1.29 is 12.8 Å². The molecule has 1 aromatic rings. The van der Waals surface area contributed by atoms with E-state index in [1.807, 2.05) is 6.26 Å². The number of sulfonamides is 1. The zero-order valence-electron chi connectivity index (χ0n) is 9.64. The van der Waals surface area contributed by atoms with Crippen LogP contribution in [0, 0.1) is 5.82 Å². The maximum absolute atomic E-state index is 13.3. The number of hydrogen-bond acceptors (Lipinski definition) is 4. The van der Waals surface area contributed by atoms with Gasteiger partial charge in [0.15, 0.2) is 0 Å². The van der Waals surface area contributed by atoms with Crippen LogP contribution in [0.1, 0.15) is 5.56 Å². The first-order valence-corrected chi connectivity index (χ1v) is 8.25. The van der Waals surface area contributed by atoms with Crippen molar-refractivity contribution in [2.45, 2.75) is 4.90 Å². The van der Waals surface area contributed by atoms with Crippen LogP contribution in [0.5, 0.6) is 0 Å². The van der Waals surface area contributed by atoms with Crippen LogP contribution in [0.3, 0.4) is 0 Å². The predicted octanol–water partition coefficient (Wildman–Crippen LogP) is 1.10. The van der Waals surface area contributed by atoms with Gasteiger partial charge in [-0.05, 0) is 24.5 Å². The zero-order valence-corrected chi connectivity index (χ0v) is 12.1. The third-order valence-electron chi connectivity index (χ3n) is 2.11. The summed E-state index contributed by atoms with van der Waals surface area (Å²) in [4.78, 5) is -0.221. The third kappa shape index (κ3) is 3.91. The second-order valence-electron chi connectivity index (χ2n) is 3.40. The molecule has 8 heteroatoms. The maximum atomic E-state index is 13.3. The van der Waals surface area contributed by atoms with Gasteiger partial charge in [0.1, 0.15) is 10.8 Å². The van der Waals surface area contributed by atoms with Gasteiger partial charge in [0.05, 0.1) is 4.90 Å². The molecular formula is C10H13FN2O2S3. The van der Waals surface area contributed by atoms with Crippen molar-refractivity contribution in [3.8, 4) is 0 Å². The second-order valence-corrected chi connectivity index (χ2v) is 6.59. The van der Waals surface area contributed by atoms with Gasteiger partial charge in [-0.1, -0.05) is 12.2 Å². The average Bonchev–Trinajstić information content (AvgIpc) is 2.29. The van der Waals surface area contributed by atoms with E-state index >= 15 is 0 Å². The van der Waals surface area contributed by atoms with Gasteiger partial charge in [-0.2, -0.15) is 11.8 Å². The molecule has 3 N–H and O–H groups in total. The minimum atomic E-state index is -3.65. The van der Waals surface area contributed by atoms with E-state index in [4.69, 9.17) is 5.73 Å². The van der Waals surface area contributed by atoms with E-state index in [0.717, 1.165) is 12.1 Å². The number of thioether (sulfide) groups is 1. The molecule has 0 saturated carbocycles. The Labute approximate surface area is 115 Å². The first-order chi connectivity index (χ1) is 8.38. The summed E-state index contributed by atoms with van der Waals surface area (Å²) >= 11 is 6.18. The van der Waals surface area contributed by atoms with Crippen molar-refractivity contribution >= 4 is 39.0 Å². The van der Waals surface area contributed by atoms with Crippen LogP contribution in [0.25, 0.3) is 0 Å². The number of nitrogens with one attached hydrogen (secondary N) is 1. The van der Waals surface area contributed by atoms with E-state index in [1.165, 1.54) is 17.8 Å². The molecule has 0 aliphatic rings. The fourth-order valence-corrected chi connectivity index (χ4v) is 2.87. The highest BCUT2D eigenvalue weighted by molar-refractivity contribution is 7.98. The third-order valence-corrected chi connectivity index (χ3v) is 4.40. The van der Waals surface area contributed by atoms with Gasteiger partial charge in [0, 0.05) is 17.9 Å². The molecule has 18 heavy (non-hydrogen) atoms. The molecule has 0 aliphatic heterocycles. The van der Waals surface area contributed by atoms with Crippen LogP contribution >= 0.6 is 24.0 Å². The van der Waals surface area contributed by atoms with Crippen molar-refractivity contribution in [1.82, 2.24) is 4.72 Å². The molecule has 0 fully saturated rings. The van der Waals surface area contributed by atoms with Crippen LogP contribution in [-0.4, -0.2) is 32.0 Å². The number of benzene rings is 1. The normalized spacial score (nSPS) is 11.4. The lowest BCUT2D eigenvalue weighted by atomic mass is 10.2. The van der Waals surface area contributed by atoms with Gasteiger partial charge in [0.2, 0.25) is 10.0 Å². The fraction of sp³-hybridized carbons (Fsp3) is 0.300. The molecule has 0 radical (unpaired) electrons. The molecule has 0 atom stereocenters. The molecule has 0 saturated heterocycles. The van der Waals surface area contributed by atoms with Crippen molar-refractivity contribution in [1.29, 1.82) is 0 Å². The van der Waals surface area contributed by atoms with Crippen molar-refractivity contribution in [3.63, 3.8) is 0 Å². The first-order valence-electron chi connectivity index (χ1n) is 4.96. The quantitative estimate of drug-likeness (QED) is 0.608. The van der Waals surface area contributed by atoms with Crippen LogP contribution in [0.4, 0.5) is 4.39 Å². The highest BCUT2D eigenvalue weighted by atomic mass is 32.2. The molecule has 0 heterocycles. The molecule has 1 rings (SSSR count). The number of thiocarbonyl (C=S) groups is 1. The van der Waals surface area contributed by atoms with Gasteiger partial charge >= 0.3 is 0 Å². The minimum Gasteiger partial charge on any atom is -0.389 e. The lowest BCUT2D eigenvalue weighted by Crippen LogP contribution is -2.26. The Bertz CT molecular complexity index is 546. The zero-order chi connectivity index (χ0) is 13.8. The molecule has 0 aliphatic carbocycles. The van der Waals surface area contributed by atoms with Crippen LogP contribution < -0.4 is 10.5 Å². The summed E-state index contributed by atoms with van der Waals surface area (Å²) < 4.78 is 39.5. The summed E-state index contributed by atoms with van der Waals surface area (Å²) in [7, 11) is -3.65. The molecule has 0 amide bonds. The predicted molar refractivity (Wildman–Crippen MR) is 75.9 cm³/mol. The van der Waals surface area contributed by atoms with Gasteiger partial charge < -0.3 is 5.73 Å². The van der Waals surface area contributed by atoms with E-state index in [-0.39, 0.29) is 15.4 Å². The standard InChI is InChI=1S/C10H13FN2O2S3/c1-17-5-4-13-18(14,15)7-2-3-9(11)8(6-7)10(12)16/h2-3,6,13H,4-5H2,1H3,(H2,12,16). The summed E-state index contributed by atoms with van der Waals surface area (Å²) in [6, 6.07) is 3.36. The highest BCUT2D eigenvalue weighted by Crippen LogP contribution is 2.15. The summed E-state index contributed by atoms with van der Waals surface area (Å²) in [5.74, 6) is 0.0216. The van der Waals surface area contributed by atoms with E-state index in [2.05, 4.69) is 16.9 Å². The lowest BCUT2D eigenvalue weighted by Gasteiger charge is -2.08. The molecule has 0 unspecified atom stereocenters. The number of nitrogens with two attached hydrogens (primary N) is 1. The van der Waals surface area contributed by atoms with Crippen LogP contribution in [-0.2, 0) is 10.0 Å². The second kappa shape index (κ2) is 6.46. The van der Waals surface area contributed by atoms with Gasteiger partial charge in [-0.3, -0.25) is 0 Å². The lowest BCUT2D eigenvalue weighted by molar-refractivity contribution is 0.583. The number of hydrogen-bond donors (Lipinski definition) is 2. The summed E-state index contributed by atoms with van der Waals surface area (Å²) in [5, 5.41) is 0. The summed E-state index contributed by atoms with van der Waals surface area (Å²) in [5.41, 5.74) is 5.25. The minimum absolute atomic E-state index is 0.0483. The summed E-state index contributed by atoms with van der Waals surface area (Å²) in [6.45, 7) is 0.309. The largest absolute Gasteiger partial charge is 0.389 e. The molecule has 0 bridgehead atoms. The van der Waals surface area contributed by atoms with Gasteiger partial charge in [0.25, 0.3) is 0 Å². The Morgan fingerprint density at radius 1 is 1.56 bits per heavy atom. The van der Waals surface area contributed by atoms with Gasteiger partial charge in [-0.15, -0.1) is 0 Å². The van der Waals surface area contributed by atoms with Gasteiger partial charge in [-0.25, -0.2) is 17.5 Å². The topological polar surface area (TPSA) is 72.2 Å². The smallest absolute Gasteiger partial charge is 0.240 e. The van der Waals surface area contributed by atoms with E-state index in [1.54, 1.807) is 0 Å². The van der Waals surface area contributed by atoms with Crippen LogP contribution in [0.15, 0.2) is 23.1 Å². The molecule has 0 spiro atoms. The van der Waals surface area contributed by atoms with E-state index in [9.17, 15) is 12.8 Å². The first kappa shape index (κ1) is 15.4. The monoisotopic (exact) mass is 308 g/mol. The van der Waals surface area contributed by atoms with E-state index < -0.39 is 15.8 Å². The Balaban J connectivity index is 3.02. The van der Waals surface area contributed by atoms with E-state index in [0.29, 0.717) is 12.3 Å². The van der Waals surface area contributed by atoms with Crippen molar-refractivity contribution in [2.24, 2.45) is 5.73 Å². The summed E-state index contributed by atoms with van der Waals surface area (Å²) in [6.07, 6.45) is 1.87. The highest BCUT2D eigenvalue weighted by Gasteiger charge is 2.16. The Morgan fingerprint density at radius 3 is 2.78 bits per heavy atom. The fourth-order valence-electron chi connectivity index (χ4n) is 1.22. The Hall–Kier alpha value is -0.700. The Kier molecular flexibility index (Phi) is 5.51. The van der Waals surface area contributed by atoms with Crippen LogP contribution in [0.2, 0.25) is 0 Å². The average molecular weight is 308 g/mol. The van der Waals surface area contributed by atoms with Crippen molar-refractivity contribution in [3.05, 3.63) is 29.6 Å². The molecule has 4 nitrogen and oxygen atoms in total.